The first-order valence-corrected chi connectivity index (χ1v) is 10.4. The maximum atomic E-state index is 12.4. The van der Waals surface area contributed by atoms with E-state index in [4.69, 9.17) is 22.1 Å². The number of aryl methyl sites for hydroxylation is 1. The van der Waals surface area contributed by atoms with Gasteiger partial charge < -0.3 is 15.8 Å². The van der Waals surface area contributed by atoms with Gasteiger partial charge in [-0.1, -0.05) is 11.6 Å². The van der Waals surface area contributed by atoms with Crippen LogP contribution in [0.25, 0.3) is 0 Å². The molecule has 3 rings (SSSR count). The fraction of sp³-hybridized carbons (Fsp3) is 0.211. The summed E-state index contributed by atoms with van der Waals surface area (Å²) in [5.41, 5.74) is 7.24. The molecule has 0 radical (unpaired) electrons. The van der Waals surface area contributed by atoms with Gasteiger partial charge in [0.1, 0.15) is 22.4 Å². The summed E-state index contributed by atoms with van der Waals surface area (Å²) < 4.78 is 5.66. The van der Waals surface area contributed by atoms with Crippen LogP contribution < -0.4 is 15.8 Å². The van der Waals surface area contributed by atoms with Crippen molar-refractivity contribution in [1.29, 1.82) is 0 Å². The first-order valence-electron chi connectivity index (χ1n) is 8.34. The van der Waals surface area contributed by atoms with Crippen LogP contribution in [-0.4, -0.2) is 16.8 Å². The number of hydrogen-bond acceptors (Lipinski definition) is 6. The summed E-state index contributed by atoms with van der Waals surface area (Å²) in [4.78, 5) is 29.4. The van der Waals surface area contributed by atoms with Crippen molar-refractivity contribution in [1.82, 2.24) is 4.98 Å². The normalized spacial score (nSPS) is 10.7. The fourth-order valence-corrected chi connectivity index (χ4v) is 4.43. The number of nitrogens with zero attached hydrogens (tertiary/aromatic N) is 1. The predicted molar refractivity (Wildman–Crippen MR) is 113 cm³/mol. The Labute approximate surface area is 175 Å². The highest BCUT2D eigenvalue weighted by molar-refractivity contribution is 7.16. The Hall–Kier alpha value is -2.42. The Morgan fingerprint density at radius 2 is 1.96 bits per heavy atom. The highest BCUT2D eigenvalue weighted by Gasteiger charge is 2.19. The maximum absolute atomic E-state index is 12.4. The molecule has 0 aliphatic carbocycles. The Balaban J connectivity index is 1.59. The molecule has 0 saturated heterocycles. The zero-order chi connectivity index (χ0) is 20.3. The number of anilines is 1. The molecule has 9 heteroatoms. The van der Waals surface area contributed by atoms with Gasteiger partial charge >= 0.3 is 0 Å². The molecule has 0 saturated carbocycles. The quantitative estimate of drug-likeness (QED) is 0.577. The van der Waals surface area contributed by atoms with Crippen molar-refractivity contribution < 1.29 is 14.3 Å². The molecule has 2 heterocycles. The van der Waals surface area contributed by atoms with Crippen LogP contribution >= 0.6 is 34.3 Å². The number of primary amides is 1. The molecule has 2 amide bonds. The maximum Gasteiger partial charge on any atom is 0.251 e. The molecule has 0 atom stereocenters. The number of benzene rings is 1. The lowest BCUT2D eigenvalue weighted by Crippen LogP contribution is -2.18. The summed E-state index contributed by atoms with van der Waals surface area (Å²) in [6, 6.07) is 7.07. The molecule has 146 valence electrons. The predicted octanol–water partition coefficient (Wildman–Crippen LogP) is 4.33. The first-order chi connectivity index (χ1) is 13.3. The van der Waals surface area contributed by atoms with Gasteiger partial charge in [0.05, 0.1) is 17.7 Å². The molecule has 0 bridgehead atoms. The van der Waals surface area contributed by atoms with Gasteiger partial charge in [0.25, 0.3) is 5.91 Å². The first kappa shape index (κ1) is 20.3. The van der Waals surface area contributed by atoms with Crippen molar-refractivity contribution in [2.75, 3.05) is 5.32 Å². The molecule has 0 spiro atoms. The highest BCUT2D eigenvalue weighted by Crippen LogP contribution is 2.32. The third-order valence-electron chi connectivity index (χ3n) is 4.00. The van der Waals surface area contributed by atoms with Crippen LogP contribution in [0, 0.1) is 13.8 Å². The van der Waals surface area contributed by atoms with Crippen LogP contribution in [0.15, 0.2) is 29.6 Å². The molecular weight excluding hydrogens is 418 g/mol. The SMILES string of the molecule is Cc1sc(NC(=O)Cc2csc(COc3ccc(Cl)cc3)n2)c(C(N)=O)c1C. The molecule has 28 heavy (non-hydrogen) atoms. The summed E-state index contributed by atoms with van der Waals surface area (Å²) in [6.07, 6.45) is 0.103. The van der Waals surface area contributed by atoms with E-state index in [-0.39, 0.29) is 12.3 Å². The van der Waals surface area contributed by atoms with E-state index in [2.05, 4.69) is 10.3 Å². The lowest BCUT2D eigenvalue weighted by molar-refractivity contribution is -0.115. The van der Waals surface area contributed by atoms with Crippen LogP contribution in [0.2, 0.25) is 5.02 Å². The number of thiophene rings is 1. The van der Waals surface area contributed by atoms with Crippen LogP contribution in [0.5, 0.6) is 5.75 Å². The van der Waals surface area contributed by atoms with Crippen molar-refractivity contribution in [2.24, 2.45) is 5.73 Å². The molecule has 6 nitrogen and oxygen atoms in total. The van der Waals surface area contributed by atoms with Gasteiger partial charge in [-0.25, -0.2) is 4.98 Å². The standard InChI is InChI=1S/C19H18ClN3O3S2/c1-10-11(2)28-19(17(10)18(21)25)23-15(24)7-13-9-27-16(22-13)8-26-14-5-3-12(20)4-6-14/h3-6,9H,7-8H2,1-2H3,(H2,21,25)(H,23,24). The van der Waals surface area contributed by atoms with E-state index < -0.39 is 5.91 Å². The second-order valence-electron chi connectivity index (χ2n) is 6.05. The van der Waals surface area contributed by atoms with Gasteiger partial charge in [-0.3, -0.25) is 9.59 Å². The third-order valence-corrected chi connectivity index (χ3v) is 6.25. The van der Waals surface area contributed by atoms with E-state index in [1.54, 1.807) is 24.3 Å². The van der Waals surface area contributed by atoms with Gasteiger partial charge in [0.15, 0.2) is 0 Å². The Morgan fingerprint density at radius 3 is 2.64 bits per heavy atom. The largest absolute Gasteiger partial charge is 0.486 e. The van der Waals surface area contributed by atoms with E-state index >= 15 is 0 Å². The number of rotatable bonds is 7. The summed E-state index contributed by atoms with van der Waals surface area (Å²) >= 11 is 8.61. The van der Waals surface area contributed by atoms with Crippen molar-refractivity contribution in [2.45, 2.75) is 26.9 Å². The van der Waals surface area contributed by atoms with Crippen molar-refractivity contribution in [3.63, 3.8) is 0 Å². The lowest BCUT2D eigenvalue weighted by Gasteiger charge is -2.04. The minimum Gasteiger partial charge on any atom is -0.486 e. The Kier molecular flexibility index (Phi) is 6.33. The van der Waals surface area contributed by atoms with E-state index in [0.29, 0.717) is 33.6 Å². The minimum atomic E-state index is -0.549. The third kappa shape index (κ3) is 4.89. The average Bonchev–Trinajstić information content (AvgIpc) is 3.18. The van der Waals surface area contributed by atoms with E-state index in [1.165, 1.54) is 22.7 Å². The van der Waals surface area contributed by atoms with Crippen LogP contribution in [0.4, 0.5) is 5.00 Å². The second-order valence-corrected chi connectivity index (χ2v) is 8.66. The molecule has 1 aromatic carbocycles. The van der Waals surface area contributed by atoms with Gasteiger partial charge in [-0.15, -0.1) is 22.7 Å². The van der Waals surface area contributed by atoms with Crippen LogP contribution in [-0.2, 0) is 17.8 Å². The fourth-order valence-electron chi connectivity index (χ4n) is 2.52. The second kappa shape index (κ2) is 8.72. The number of carbonyl (C=O) groups excluding carboxylic acids is 2. The average molecular weight is 436 g/mol. The number of hydrogen-bond donors (Lipinski definition) is 2. The number of aromatic nitrogens is 1. The number of amides is 2. The number of nitrogens with two attached hydrogens (primary N) is 1. The number of carbonyl (C=O) groups is 2. The Morgan fingerprint density at radius 1 is 1.25 bits per heavy atom. The van der Waals surface area contributed by atoms with Gasteiger partial charge in [0, 0.05) is 15.3 Å². The minimum absolute atomic E-state index is 0.103. The number of ether oxygens (including phenoxy) is 1. The monoisotopic (exact) mass is 435 g/mol. The molecule has 3 aromatic rings. The highest BCUT2D eigenvalue weighted by atomic mass is 35.5. The van der Waals surface area contributed by atoms with Gasteiger partial charge in [0.2, 0.25) is 5.91 Å². The van der Waals surface area contributed by atoms with Crippen molar-refractivity contribution in [3.05, 3.63) is 61.4 Å². The van der Waals surface area contributed by atoms with E-state index in [1.807, 2.05) is 19.2 Å². The van der Waals surface area contributed by atoms with Gasteiger partial charge in [-0.2, -0.15) is 0 Å². The van der Waals surface area contributed by atoms with E-state index in [9.17, 15) is 9.59 Å². The Bertz CT molecular complexity index is 1010. The zero-order valence-corrected chi connectivity index (χ0v) is 17.6. The smallest absolute Gasteiger partial charge is 0.251 e. The molecule has 0 unspecified atom stereocenters. The van der Waals surface area contributed by atoms with E-state index in [0.717, 1.165) is 15.4 Å². The summed E-state index contributed by atoms with van der Waals surface area (Å²) in [5.74, 6) is -0.104. The summed E-state index contributed by atoms with van der Waals surface area (Å²) in [6.45, 7) is 4.01. The molecule has 0 fully saturated rings. The number of halogens is 1. The van der Waals surface area contributed by atoms with Crippen molar-refractivity contribution >= 4 is 51.1 Å². The number of nitrogens with one attached hydrogen (secondary N) is 1. The van der Waals surface area contributed by atoms with Gasteiger partial charge in [-0.05, 0) is 43.7 Å². The summed E-state index contributed by atoms with van der Waals surface area (Å²) in [7, 11) is 0. The summed E-state index contributed by atoms with van der Waals surface area (Å²) in [5, 5.41) is 6.48. The number of thiazole rings is 1. The van der Waals surface area contributed by atoms with Crippen molar-refractivity contribution in [3.8, 4) is 5.75 Å². The lowest BCUT2D eigenvalue weighted by atomic mass is 10.1. The molecule has 0 aliphatic rings. The zero-order valence-electron chi connectivity index (χ0n) is 15.2. The molecule has 0 aliphatic heterocycles. The molecule has 2 aromatic heterocycles. The van der Waals surface area contributed by atoms with Crippen LogP contribution in [0.3, 0.4) is 0 Å². The molecule has 3 N–H and O–H groups in total. The topological polar surface area (TPSA) is 94.3 Å². The van der Waals surface area contributed by atoms with Crippen LogP contribution in [0.1, 0.15) is 31.5 Å². The molecular formula is C19H18ClN3O3S2.